The molecule has 0 fully saturated rings. The molecule has 0 spiro atoms. The SMILES string of the molecule is c1ccc(-c2nc(-c3ccccc3)nc(-c3ccc(-n4c5ccc6c7ccccc7n(-c7ccccc7)c6c5c5ccc6c7ccccc7oc6c54)cc3)n2)cc1. The van der Waals surface area contributed by atoms with Gasteiger partial charge in [-0.05, 0) is 60.7 Å². The Bertz CT molecular complexity index is 3430. The van der Waals surface area contributed by atoms with Crippen molar-refractivity contribution in [2.24, 2.45) is 0 Å². The number of nitrogens with zero attached hydrogens (tertiary/aromatic N) is 5. The van der Waals surface area contributed by atoms with E-state index >= 15 is 0 Å². The standard InChI is InChI=1S/C51H31N5O/c1-4-14-32(15-5-1)49-52-50(33-16-6-2-7-17-33)54-51(53-49)34-24-26-36(27-25-34)56-43-31-30-39-37-20-10-12-22-42(37)55(35-18-8-3-9-19-35)46(39)45(43)41-29-28-40-38-21-11-13-23-44(38)57-48(40)47(41)56/h1-31H. The Morgan fingerprint density at radius 2 is 0.842 bits per heavy atom. The molecule has 4 heterocycles. The van der Waals surface area contributed by atoms with Crippen LogP contribution < -0.4 is 0 Å². The smallest absolute Gasteiger partial charge is 0.164 e. The normalized spacial score (nSPS) is 11.9. The molecule has 0 N–H and O–H groups in total. The molecule has 0 saturated carbocycles. The van der Waals surface area contributed by atoms with Crippen molar-refractivity contribution in [1.82, 2.24) is 24.1 Å². The van der Waals surface area contributed by atoms with Gasteiger partial charge in [0.1, 0.15) is 5.58 Å². The van der Waals surface area contributed by atoms with Crippen LogP contribution in [0.1, 0.15) is 0 Å². The summed E-state index contributed by atoms with van der Waals surface area (Å²) >= 11 is 0. The molecule has 6 nitrogen and oxygen atoms in total. The van der Waals surface area contributed by atoms with Crippen LogP contribution in [0.4, 0.5) is 0 Å². The monoisotopic (exact) mass is 729 g/mol. The Labute approximate surface area is 326 Å². The first-order valence-corrected chi connectivity index (χ1v) is 19.1. The number of hydrogen-bond acceptors (Lipinski definition) is 4. The van der Waals surface area contributed by atoms with Gasteiger partial charge in [0.2, 0.25) is 0 Å². The molecule has 12 aromatic rings. The largest absolute Gasteiger partial charge is 0.454 e. The van der Waals surface area contributed by atoms with Crippen molar-refractivity contribution in [3.05, 3.63) is 188 Å². The topological polar surface area (TPSA) is 61.7 Å². The van der Waals surface area contributed by atoms with Gasteiger partial charge < -0.3 is 13.6 Å². The molecule has 6 heteroatoms. The van der Waals surface area contributed by atoms with Crippen molar-refractivity contribution in [3.63, 3.8) is 0 Å². The molecule has 0 amide bonds. The summed E-state index contributed by atoms with van der Waals surface area (Å²) in [6, 6.07) is 65.4. The maximum Gasteiger partial charge on any atom is 0.164 e. The van der Waals surface area contributed by atoms with Crippen molar-refractivity contribution >= 4 is 65.6 Å². The van der Waals surface area contributed by atoms with E-state index in [1.54, 1.807) is 0 Å². The summed E-state index contributed by atoms with van der Waals surface area (Å²) < 4.78 is 11.6. The van der Waals surface area contributed by atoms with Crippen molar-refractivity contribution in [3.8, 4) is 45.5 Å². The molecule has 57 heavy (non-hydrogen) atoms. The molecular formula is C51H31N5O. The molecule has 0 aliphatic heterocycles. The lowest BCUT2D eigenvalue weighted by atomic mass is 10.1. The van der Waals surface area contributed by atoms with E-state index in [-0.39, 0.29) is 0 Å². The lowest BCUT2D eigenvalue weighted by Gasteiger charge is -2.11. The van der Waals surface area contributed by atoms with Gasteiger partial charge in [-0.1, -0.05) is 127 Å². The molecule has 0 atom stereocenters. The molecule has 4 aromatic heterocycles. The third kappa shape index (κ3) is 4.81. The summed E-state index contributed by atoms with van der Waals surface area (Å²) in [5.74, 6) is 1.89. The first-order chi connectivity index (χ1) is 28.3. The van der Waals surface area contributed by atoms with Gasteiger partial charge in [0.05, 0.1) is 22.1 Å². The minimum absolute atomic E-state index is 0.616. The zero-order valence-electron chi connectivity index (χ0n) is 30.5. The van der Waals surface area contributed by atoms with Crippen molar-refractivity contribution in [2.75, 3.05) is 0 Å². The van der Waals surface area contributed by atoms with Crippen molar-refractivity contribution < 1.29 is 4.42 Å². The van der Waals surface area contributed by atoms with Crippen LogP contribution in [0.25, 0.3) is 111 Å². The van der Waals surface area contributed by atoms with E-state index in [1.807, 2.05) is 66.7 Å². The minimum Gasteiger partial charge on any atom is -0.454 e. The molecule has 12 rings (SSSR count). The van der Waals surface area contributed by atoms with Crippen LogP contribution in [-0.2, 0) is 0 Å². The second-order valence-electron chi connectivity index (χ2n) is 14.4. The van der Waals surface area contributed by atoms with Crippen LogP contribution in [0.2, 0.25) is 0 Å². The highest BCUT2D eigenvalue weighted by molar-refractivity contribution is 6.29. The van der Waals surface area contributed by atoms with Crippen LogP contribution in [-0.4, -0.2) is 24.1 Å². The molecule has 0 radical (unpaired) electrons. The van der Waals surface area contributed by atoms with Crippen molar-refractivity contribution in [2.45, 2.75) is 0 Å². The second-order valence-corrected chi connectivity index (χ2v) is 14.4. The maximum atomic E-state index is 6.79. The van der Waals surface area contributed by atoms with Crippen LogP contribution in [0.5, 0.6) is 0 Å². The van der Waals surface area contributed by atoms with E-state index in [0.717, 1.165) is 66.4 Å². The highest BCUT2D eigenvalue weighted by Crippen LogP contribution is 2.45. The third-order valence-electron chi connectivity index (χ3n) is 11.2. The number of rotatable bonds is 5. The quantitative estimate of drug-likeness (QED) is 0.177. The Kier molecular flexibility index (Phi) is 6.83. The zero-order chi connectivity index (χ0) is 37.5. The fourth-order valence-corrected chi connectivity index (χ4v) is 8.63. The van der Waals surface area contributed by atoms with Gasteiger partial charge >= 0.3 is 0 Å². The van der Waals surface area contributed by atoms with Gasteiger partial charge in [0, 0.05) is 60.4 Å². The van der Waals surface area contributed by atoms with E-state index in [2.05, 4.69) is 130 Å². The van der Waals surface area contributed by atoms with Gasteiger partial charge in [-0.3, -0.25) is 0 Å². The number of fused-ring (bicyclic) bond motifs is 11. The predicted molar refractivity (Wildman–Crippen MR) is 232 cm³/mol. The number of aromatic nitrogens is 5. The molecule has 266 valence electrons. The second kappa shape index (κ2) is 12.3. The van der Waals surface area contributed by atoms with Crippen LogP contribution in [0.3, 0.4) is 0 Å². The summed E-state index contributed by atoms with van der Waals surface area (Å²) in [6.45, 7) is 0. The number of benzene rings is 8. The van der Waals surface area contributed by atoms with E-state index < -0.39 is 0 Å². The number of para-hydroxylation sites is 3. The number of furan rings is 1. The highest BCUT2D eigenvalue weighted by atomic mass is 16.3. The molecule has 0 saturated heterocycles. The van der Waals surface area contributed by atoms with E-state index in [9.17, 15) is 0 Å². The summed E-state index contributed by atoms with van der Waals surface area (Å²) in [7, 11) is 0. The lowest BCUT2D eigenvalue weighted by molar-refractivity contribution is 0.671. The summed E-state index contributed by atoms with van der Waals surface area (Å²) in [5, 5.41) is 6.92. The molecular weight excluding hydrogens is 699 g/mol. The minimum atomic E-state index is 0.616. The van der Waals surface area contributed by atoms with E-state index in [1.165, 1.54) is 27.2 Å². The van der Waals surface area contributed by atoms with Crippen molar-refractivity contribution in [1.29, 1.82) is 0 Å². The number of hydrogen-bond donors (Lipinski definition) is 0. The zero-order valence-corrected chi connectivity index (χ0v) is 30.5. The Morgan fingerprint density at radius 3 is 1.53 bits per heavy atom. The van der Waals surface area contributed by atoms with Gasteiger partial charge in [-0.25, -0.2) is 15.0 Å². The third-order valence-corrected chi connectivity index (χ3v) is 11.2. The van der Waals surface area contributed by atoms with Gasteiger partial charge in [-0.15, -0.1) is 0 Å². The lowest BCUT2D eigenvalue weighted by Crippen LogP contribution is -2.00. The van der Waals surface area contributed by atoms with Gasteiger partial charge in [-0.2, -0.15) is 0 Å². The summed E-state index contributed by atoms with van der Waals surface area (Å²) in [5.41, 5.74) is 11.1. The molecule has 0 unspecified atom stereocenters. The average Bonchev–Trinajstić information content (AvgIpc) is 3.95. The highest BCUT2D eigenvalue weighted by Gasteiger charge is 2.24. The van der Waals surface area contributed by atoms with Crippen LogP contribution in [0, 0.1) is 0 Å². The predicted octanol–water partition coefficient (Wildman–Crippen LogP) is 13.0. The summed E-state index contributed by atoms with van der Waals surface area (Å²) in [6.07, 6.45) is 0. The van der Waals surface area contributed by atoms with Crippen LogP contribution >= 0.6 is 0 Å². The fourth-order valence-electron chi connectivity index (χ4n) is 8.63. The van der Waals surface area contributed by atoms with Gasteiger partial charge in [0.25, 0.3) is 0 Å². The van der Waals surface area contributed by atoms with Crippen LogP contribution in [0.15, 0.2) is 192 Å². The average molecular weight is 730 g/mol. The molecule has 0 aliphatic carbocycles. The molecule has 8 aromatic carbocycles. The van der Waals surface area contributed by atoms with E-state index in [0.29, 0.717) is 17.5 Å². The first kappa shape index (κ1) is 31.5. The fraction of sp³-hybridized carbons (Fsp3) is 0. The Balaban J connectivity index is 1.14. The first-order valence-electron chi connectivity index (χ1n) is 19.1. The molecule has 0 bridgehead atoms. The Hall–Kier alpha value is -7.83. The maximum absolute atomic E-state index is 6.79. The Morgan fingerprint density at radius 1 is 0.333 bits per heavy atom. The van der Waals surface area contributed by atoms with E-state index in [4.69, 9.17) is 19.4 Å². The molecule has 0 aliphatic rings. The summed E-state index contributed by atoms with van der Waals surface area (Å²) in [4.78, 5) is 14.9. The van der Waals surface area contributed by atoms with Gasteiger partial charge in [0.15, 0.2) is 23.1 Å².